The van der Waals surface area contributed by atoms with E-state index in [1.165, 1.54) is 18.4 Å². The average Bonchev–Trinajstić information content (AvgIpc) is 2.70. The van der Waals surface area contributed by atoms with Gasteiger partial charge in [0.1, 0.15) is 0 Å². The van der Waals surface area contributed by atoms with Gasteiger partial charge < -0.3 is 15.8 Å². The number of rotatable bonds is 7. The third kappa shape index (κ3) is 6.03. The zero-order valence-electron chi connectivity index (χ0n) is 16.6. The van der Waals surface area contributed by atoms with Crippen molar-refractivity contribution in [3.8, 4) is 0 Å². The van der Waals surface area contributed by atoms with Gasteiger partial charge in [0.15, 0.2) is 0 Å². The number of hydrogen-bond donors (Lipinski definition) is 2. The number of piperidine rings is 1. The fraction of sp³-hybridized carbons (Fsp3) is 0.682. The second-order valence-corrected chi connectivity index (χ2v) is 8.23. The van der Waals surface area contributed by atoms with Gasteiger partial charge in [-0.15, -0.1) is 0 Å². The Bertz CT molecular complexity index is 572. The highest BCUT2D eigenvalue weighted by Crippen LogP contribution is 2.26. The van der Waals surface area contributed by atoms with Crippen LogP contribution in [0.1, 0.15) is 44.1 Å². The van der Waals surface area contributed by atoms with E-state index in [9.17, 15) is 4.79 Å². The summed E-state index contributed by atoms with van der Waals surface area (Å²) in [5, 5.41) is 3.16. The first-order valence-electron chi connectivity index (χ1n) is 10.5. The molecule has 1 saturated heterocycles. The summed E-state index contributed by atoms with van der Waals surface area (Å²) in [6, 6.07) is 10.7. The zero-order chi connectivity index (χ0) is 19.1. The molecule has 2 fully saturated rings. The van der Waals surface area contributed by atoms with Crippen LogP contribution >= 0.6 is 0 Å². The normalized spacial score (nSPS) is 27.4. The molecule has 0 aromatic heterocycles. The highest BCUT2D eigenvalue weighted by molar-refractivity contribution is 5.78. The van der Waals surface area contributed by atoms with Crippen LogP contribution < -0.4 is 11.1 Å². The quantitative estimate of drug-likeness (QED) is 0.771. The van der Waals surface area contributed by atoms with Crippen LogP contribution in [0.25, 0.3) is 0 Å². The molecule has 1 heterocycles. The van der Waals surface area contributed by atoms with Gasteiger partial charge in [-0.1, -0.05) is 30.3 Å². The summed E-state index contributed by atoms with van der Waals surface area (Å²) in [6.45, 7) is 4.16. The Kier molecular flexibility index (Phi) is 7.68. The lowest BCUT2D eigenvalue weighted by atomic mass is 9.83. The van der Waals surface area contributed by atoms with Gasteiger partial charge in [0, 0.05) is 32.2 Å². The number of nitrogens with zero attached hydrogens (tertiary/aromatic N) is 1. The number of nitrogens with one attached hydrogen (secondary N) is 1. The van der Waals surface area contributed by atoms with E-state index < -0.39 is 0 Å². The first kappa shape index (κ1) is 20.3. The van der Waals surface area contributed by atoms with Crippen molar-refractivity contribution in [1.82, 2.24) is 10.2 Å². The van der Waals surface area contributed by atoms with Crippen molar-refractivity contribution in [2.24, 2.45) is 17.6 Å². The topological polar surface area (TPSA) is 67.6 Å². The lowest BCUT2D eigenvalue weighted by Gasteiger charge is -2.33. The largest absolute Gasteiger partial charge is 0.380 e. The number of likely N-dealkylation sites (tertiary alicyclic amines) is 1. The number of hydrogen-bond acceptors (Lipinski definition) is 4. The molecule has 3 rings (SSSR count). The highest BCUT2D eigenvalue weighted by atomic mass is 16.5. The molecule has 0 radical (unpaired) electrons. The van der Waals surface area contributed by atoms with E-state index in [0.717, 1.165) is 57.8 Å². The average molecular weight is 374 g/mol. The van der Waals surface area contributed by atoms with Gasteiger partial charge in [-0.05, 0) is 63.1 Å². The molecular formula is C22H35N3O2. The minimum atomic E-state index is -0.0200. The lowest BCUT2D eigenvalue weighted by Crippen LogP contribution is -2.46. The molecule has 1 aromatic rings. The van der Waals surface area contributed by atoms with E-state index in [4.69, 9.17) is 10.5 Å². The lowest BCUT2D eigenvalue weighted by molar-refractivity contribution is -0.127. The maximum absolute atomic E-state index is 12.4. The number of carbonyl (C=O) groups is 1. The molecule has 5 nitrogen and oxygen atoms in total. The summed E-state index contributed by atoms with van der Waals surface area (Å²) in [5.74, 6) is 0.962. The molecule has 0 unspecified atom stereocenters. The molecular weight excluding hydrogens is 338 g/mol. The summed E-state index contributed by atoms with van der Waals surface area (Å²) in [7, 11) is 1.70. The summed E-state index contributed by atoms with van der Waals surface area (Å²) in [4.78, 5) is 15.0. The Morgan fingerprint density at radius 1 is 1.19 bits per heavy atom. The third-order valence-electron chi connectivity index (χ3n) is 6.32. The maximum Gasteiger partial charge on any atom is 0.223 e. The molecule has 1 aromatic carbocycles. The van der Waals surface area contributed by atoms with E-state index in [1.54, 1.807) is 7.11 Å². The zero-order valence-corrected chi connectivity index (χ0v) is 16.6. The van der Waals surface area contributed by atoms with Crippen molar-refractivity contribution in [1.29, 1.82) is 0 Å². The van der Waals surface area contributed by atoms with Crippen molar-refractivity contribution in [3.63, 3.8) is 0 Å². The van der Waals surface area contributed by atoms with Crippen molar-refractivity contribution >= 4 is 5.91 Å². The Balaban J connectivity index is 1.31. The molecule has 0 bridgehead atoms. The van der Waals surface area contributed by atoms with Gasteiger partial charge in [-0.2, -0.15) is 0 Å². The summed E-state index contributed by atoms with van der Waals surface area (Å²) in [6.07, 6.45) is 6.16. The van der Waals surface area contributed by atoms with Crippen molar-refractivity contribution in [2.75, 3.05) is 26.7 Å². The van der Waals surface area contributed by atoms with Gasteiger partial charge in [-0.3, -0.25) is 9.69 Å². The number of ether oxygens (including phenoxy) is 1. The van der Waals surface area contributed by atoms with Gasteiger partial charge >= 0.3 is 0 Å². The molecule has 3 N–H and O–H groups in total. The molecule has 1 aliphatic carbocycles. The van der Waals surface area contributed by atoms with E-state index in [0.29, 0.717) is 0 Å². The van der Waals surface area contributed by atoms with Crippen molar-refractivity contribution in [2.45, 2.75) is 57.2 Å². The highest BCUT2D eigenvalue weighted by Gasteiger charge is 2.31. The fourth-order valence-corrected chi connectivity index (χ4v) is 4.53. The van der Waals surface area contributed by atoms with Gasteiger partial charge in [0.05, 0.1) is 6.10 Å². The monoisotopic (exact) mass is 373 g/mol. The van der Waals surface area contributed by atoms with Crippen LogP contribution in [0.15, 0.2) is 30.3 Å². The van der Waals surface area contributed by atoms with E-state index >= 15 is 0 Å². The molecule has 0 spiro atoms. The van der Waals surface area contributed by atoms with Gasteiger partial charge in [-0.25, -0.2) is 0 Å². The summed E-state index contributed by atoms with van der Waals surface area (Å²) >= 11 is 0. The SMILES string of the molecule is CO[C@@H]1CC[C@H](C(=O)NCCC2CCN(Cc3ccccc3)CC2)C[C@H]1N. The molecule has 150 valence electrons. The van der Waals surface area contributed by atoms with Crippen LogP contribution in [0.5, 0.6) is 0 Å². The molecule has 1 amide bonds. The van der Waals surface area contributed by atoms with Crippen LogP contribution in [-0.4, -0.2) is 49.7 Å². The van der Waals surface area contributed by atoms with Crippen LogP contribution in [0.3, 0.4) is 0 Å². The van der Waals surface area contributed by atoms with Gasteiger partial charge in [0.2, 0.25) is 5.91 Å². The van der Waals surface area contributed by atoms with Crippen LogP contribution in [-0.2, 0) is 16.1 Å². The van der Waals surface area contributed by atoms with E-state index in [2.05, 4.69) is 40.5 Å². The molecule has 5 heteroatoms. The number of carbonyl (C=O) groups excluding carboxylic acids is 1. The Morgan fingerprint density at radius 3 is 2.59 bits per heavy atom. The second kappa shape index (κ2) is 10.2. The predicted octanol–water partition coefficient (Wildman–Crippen LogP) is 2.55. The van der Waals surface area contributed by atoms with E-state index in [-0.39, 0.29) is 24.0 Å². The fourth-order valence-electron chi connectivity index (χ4n) is 4.53. The maximum atomic E-state index is 12.4. The minimum absolute atomic E-state index is 0.0200. The van der Waals surface area contributed by atoms with Crippen LogP contribution in [0, 0.1) is 11.8 Å². The number of amides is 1. The van der Waals surface area contributed by atoms with Crippen molar-refractivity contribution < 1.29 is 9.53 Å². The number of benzene rings is 1. The van der Waals surface area contributed by atoms with Crippen molar-refractivity contribution in [3.05, 3.63) is 35.9 Å². The second-order valence-electron chi connectivity index (χ2n) is 8.23. The summed E-state index contributed by atoms with van der Waals surface area (Å²) < 4.78 is 5.38. The number of methoxy groups -OCH3 is 1. The Morgan fingerprint density at radius 2 is 1.93 bits per heavy atom. The van der Waals surface area contributed by atoms with Gasteiger partial charge in [0.25, 0.3) is 0 Å². The molecule has 3 atom stereocenters. The van der Waals surface area contributed by atoms with Crippen LogP contribution in [0.4, 0.5) is 0 Å². The summed E-state index contributed by atoms with van der Waals surface area (Å²) in [5.41, 5.74) is 7.51. The molecule has 27 heavy (non-hydrogen) atoms. The Hall–Kier alpha value is -1.43. The minimum Gasteiger partial charge on any atom is -0.380 e. The van der Waals surface area contributed by atoms with Crippen LogP contribution in [0.2, 0.25) is 0 Å². The smallest absolute Gasteiger partial charge is 0.223 e. The first-order chi connectivity index (χ1) is 13.2. The molecule has 1 saturated carbocycles. The Labute approximate surface area is 163 Å². The predicted molar refractivity (Wildman–Crippen MR) is 108 cm³/mol. The standard InChI is InChI=1S/C22H35N3O2/c1-27-21-8-7-19(15-20(21)23)22(26)24-12-9-17-10-13-25(14-11-17)16-18-5-3-2-4-6-18/h2-6,17,19-21H,7-16,23H2,1H3,(H,24,26)/t19-,20+,21+/m0/s1. The van der Waals surface area contributed by atoms with E-state index in [1.807, 2.05) is 0 Å². The third-order valence-corrected chi connectivity index (χ3v) is 6.32. The first-order valence-corrected chi connectivity index (χ1v) is 10.5. The number of nitrogens with two attached hydrogens (primary N) is 1. The molecule has 2 aliphatic rings. The molecule has 1 aliphatic heterocycles.